The number of hydrogen-bond acceptors (Lipinski definition) is 4. The lowest BCUT2D eigenvalue weighted by molar-refractivity contribution is -0.104. The topological polar surface area (TPSA) is 45.1 Å². The first kappa shape index (κ1) is 22.0. The Balaban J connectivity index is 1.86. The number of amidine groups is 1. The molecule has 0 amide bonds. The van der Waals surface area contributed by atoms with E-state index in [2.05, 4.69) is 4.99 Å². The van der Waals surface area contributed by atoms with Crippen molar-refractivity contribution in [3.8, 4) is 0 Å². The Hall–Kier alpha value is -1.70. The molecule has 0 saturated carbocycles. The van der Waals surface area contributed by atoms with Crippen molar-refractivity contribution in [2.75, 3.05) is 38.3 Å². The number of piperidine rings is 1. The molecule has 1 aromatic carbocycles. The van der Waals surface area contributed by atoms with E-state index in [0.717, 1.165) is 32.5 Å². The van der Waals surface area contributed by atoms with Crippen LogP contribution >= 0.6 is 23.2 Å². The Kier molecular flexibility index (Phi) is 7.14. The molecule has 29 heavy (non-hydrogen) atoms. The van der Waals surface area contributed by atoms with Gasteiger partial charge in [0.05, 0.1) is 22.3 Å². The Morgan fingerprint density at radius 1 is 1.31 bits per heavy atom. The number of benzene rings is 1. The number of ether oxygens (including phenoxy) is 1. The Morgan fingerprint density at radius 3 is 2.62 bits per heavy atom. The minimum absolute atomic E-state index is 0.156. The first-order valence-electron chi connectivity index (χ1n) is 9.39. The minimum atomic E-state index is -2.87. The quantitative estimate of drug-likeness (QED) is 0.286. The van der Waals surface area contributed by atoms with Crippen LogP contribution in [0, 0.1) is 5.41 Å². The molecular formula is C20H23Cl2F2N3O2. The third-order valence-electron chi connectivity index (χ3n) is 5.61. The summed E-state index contributed by atoms with van der Waals surface area (Å²) in [6.45, 7) is 2.75. The van der Waals surface area contributed by atoms with Crippen LogP contribution in [-0.2, 0) is 9.53 Å². The van der Waals surface area contributed by atoms with Gasteiger partial charge in [-0.15, -0.1) is 0 Å². The van der Waals surface area contributed by atoms with Gasteiger partial charge in [0.1, 0.15) is 12.1 Å². The lowest BCUT2D eigenvalue weighted by atomic mass is 9.78. The molecule has 2 fully saturated rings. The predicted octanol–water partition coefficient (Wildman–Crippen LogP) is 4.64. The van der Waals surface area contributed by atoms with Gasteiger partial charge in [-0.2, -0.15) is 0 Å². The molecule has 0 atom stereocenters. The molecule has 3 rings (SSSR count). The molecule has 2 aliphatic rings. The highest BCUT2D eigenvalue weighted by Gasteiger charge is 2.38. The lowest BCUT2D eigenvalue weighted by Gasteiger charge is -2.39. The van der Waals surface area contributed by atoms with Gasteiger partial charge in [-0.3, -0.25) is 4.79 Å². The molecular weight excluding hydrogens is 423 g/mol. The number of aldehydes is 1. The molecule has 9 heteroatoms. The summed E-state index contributed by atoms with van der Waals surface area (Å²) in [7, 11) is 1.45. The minimum Gasteiger partial charge on any atom is -0.381 e. The van der Waals surface area contributed by atoms with Crippen molar-refractivity contribution in [3.63, 3.8) is 0 Å². The van der Waals surface area contributed by atoms with Crippen molar-refractivity contribution in [1.29, 1.82) is 0 Å². The van der Waals surface area contributed by atoms with Gasteiger partial charge in [0.2, 0.25) is 0 Å². The summed E-state index contributed by atoms with van der Waals surface area (Å²) in [6, 6.07) is 4.79. The van der Waals surface area contributed by atoms with Crippen LogP contribution in [0.4, 0.5) is 14.5 Å². The van der Waals surface area contributed by atoms with Crippen molar-refractivity contribution < 1.29 is 18.3 Å². The molecule has 1 aromatic rings. The summed E-state index contributed by atoms with van der Waals surface area (Å²) in [5.74, 6) is -0.291. The van der Waals surface area contributed by atoms with Crippen LogP contribution in [0.5, 0.6) is 0 Å². The fourth-order valence-corrected chi connectivity index (χ4v) is 4.21. The summed E-state index contributed by atoms with van der Waals surface area (Å²) in [4.78, 5) is 18.4. The SMILES string of the molecule is CN(/C(=N\C(=C/C=O)N1CCC2(CCOC2)CC1)C(F)F)c1cccc(Cl)c1Cl. The number of anilines is 1. The maximum absolute atomic E-state index is 13.9. The molecule has 0 aromatic heterocycles. The molecule has 0 radical (unpaired) electrons. The number of allylic oxidation sites excluding steroid dienone is 1. The average Bonchev–Trinajstić information content (AvgIpc) is 3.15. The van der Waals surface area contributed by atoms with E-state index in [4.69, 9.17) is 27.9 Å². The summed E-state index contributed by atoms with van der Waals surface area (Å²) in [5.41, 5.74) is 0.466. The van der Waals surface area contributed by atoms with Gasteiger partial charge in [-0.1, -0.05) is 29.3 Å². The third kappa shape index (κ3) is 4.90. The highest BCUT2D eigenvalue weighted by atomic mass is 35.5. The molecule has 0 unspecified atom stereocenters. The van der Waals surface area contributed by atoms with Crippen LogP contribution in [0.25, 0.3) is 0 Å². The van der Waals surface area contributed by atoms with E-state index in [0.29, 0.717) is 25.1 Å². The van der Waals surface area contributed by atoms with E-state index in [9.17, 15) is 13.6 Å². The number of aliphatic imine (C=N–C) groups is 1. The maximum Gasteiger partial charge on any atom is 0.295 e. The highest BCUT2D eigenvalue weighted by Crippen LogP contribution is 2.40. The molecule has 0 aliphatic carbocycles. The Bertz CT molecular complexity index is 801. The van der Waals surface area contributed by atoms with Crippen LogP contribution in [-0.4, -0.2) is 56.8 Å². The second-order valence-corrected chi connectivity index (χ2v) is 8.14. The zero-order valence-electron chi connectivity index (χ0n) is 16.1. The summed E-state index contributed by atoms with van der Waals surface area (Å²) in [5, 5.41) is 0.417. The number of hydrogen-bond donors (Lipinski definition) is 0. The second-order valence-electron chi connectivity index (χ2n) is 7.35. The predicted molar refractivity (Wildman–Crippen MR) is 111 cm³/mol. The van der Waals surface area contributed by atoms with Crippen molar-refractivity contribution >= 4 is 41.0 Å². The van der Waals surface area contributed by atoms with Crippen LogP contribution in [0.2, 0.25) is 10.0 Å². The number of carbonyl (C=O) groups excluding carboxylic acids is 1. The van der Waals surface area contributed by atoms with Crippen molar-refractivity contribution in [3.05, 3.63) is 40.1 Å². The number of carbonyl (C=O) groups is 1. The van der Waals surface area contributed by atoms with Crippen LogP contribution in [0.3, 0.4) is 0 Å². The largest absolute Gasteiger partial charge is 0.381 e. The molecule has 2 saturated heterocycles. The Labute approximate surface area is 178 Å². The number of halogens is 4. The standard InChI is InChI=1S/C20H23Cl2F2N3O2/c1-26(15-4-2-3-14(21)17(15)22)19(18(23)24)25-16(5-11-28)27-9-6-20(7-10-27)8-12-29-13-20/h2-5,11,18H,6-10,12-13H2,1H3/b16-5+,25-19-. The van der Waals surface area contributed by atoms with E-state index < -0.39 is 12.3 Å². The van der Waals surface area contributed by atoms with Crippen molar-refractivity contribution in [2.24, 2.45) is 10.4 Å². The highest BCUT2D eigenvalue weighted by molar-refractivity contribution is 6.44. The van der Waals surface area contributed by atoms with Crippen LogP contribution in [0.1, 0.15) is 19.3 Å². The number of nitrogens with zero attached hydrogens (tertiary/aromatic N) is 3. The molecule has 1 spiro atoms. The average molecular weight is 446 g/mol. The summed E-state index contributed by atoms with van der Waals surface area (Å²) < 4.78 is 33.3. The van der Waals surface area contributed by atoms with Gasteiger partial charge in [-0.05, 0) is 36.8 Å². The van der Waals surface area contributed by atoms with E-state index in [1.54, 1.807) is 18.2 Å². The third-order valence-corrected chi connectivity index (χ3v) is 6.42. The number of rotatable bonds is 5. The van der Waals surface area contributed by atoms with E-state index in [1.165, 1.54) is 18.0 Å². The molecule has 2 aliphatic heterocycles. The molecule has 0 N–H and O–H groups in total. The molecule has 158 valence electrons. The van der Waals surface area contributed by atoms with Gasteiger partial charge in [0.15, 0.2) is 5.84 Å². The van der Waals surface area contributed by atoms with Gasteiger partial charge < -0.3 is 14.5 Å². The van der Waals surface area contributed by atoms with Crippen molar-refractivity contribution in [2.45, 2.75) is 25.7 Å². The van der Waals surface area contributed by atoms with E-state index in [-0.39, 0.29) is 21.3 Å². The van der Waals surface area contributed by atoms with Gasteiger partial charge >= 0.3 is 0 Å². The molecule has 0 bridgehead atoms. The first-order chi connectivity index (χ1) is 13.9. The number of alkyl halides is 2. The normalized spacial score (nSPS) is 19.9. The first-order valence-corrected chi connectivity index (χ1v) is 10.1. The van der Waals surface area contributed by atoms with Crippen LogP contribution < -0.4 is 4.90 Å². The second kappa shape index (κ2) is 9.41. The van der Waals surface area contributed by atoms with Crippen molar-refractivity contribution in [1.82, 2.24) is 4.90 Å². The fraction of sp³-hybridized carbons (Fsp3) is 0.500. The lowest BCUT2D eigenvalue weighted by Crippen LogP contribution is -2.40. The van der Waals surface area contributed by atoms with E-state index in [1.807, 2.05) is 4.90 Å². The van der Waals surface area contributed by atoms with Crippen LogP contribution in [0.15, 0.2) is 35.1 Å². The summed E-state index contributed by atoms with van der Waals surface area (Å²) in [6.07, 6.45) is 1.67. The van der Waals surface area contributed by atoms with Gasteiger partial charge in [-0.25, -0.2) is 13.8 Å². The van der Waals surface area contributed by atoms with E-state index >= 15 is 0 Å². The smallest absolute Gasteiger partial charge is 0.295 e. The van der Waals surface area contributed by atoms with Gasteiger partial charge in [0.25, 0.3) is 6.43 Å². The monoisotopic (exact) mass is 445 g/mol. The molecule has 5 nitrogen and oxygen atoms in total. The summed E-state index contributed by atoms with van der Waals surface area (Å²) >= 11 is 12.2. The number of likely N-dealkylation sites (tertiary alicyclic amines) is 1. The molecule has 2 heterocycles. The maximum atomic E-state index is 13.9. The van der Waals surface area contributed by atoms with Gasteiger partial charge in [0, 0.05) is 32.8 Å². The zero-order valence-corrected chi connectivity index (χ0v) is 17.6. The fourth-order valence-electron chi connectivity index (χ4n) is 3.79. The Morgan fingerprint density at radius 2 is 2.03 bits per heavy atom. The zero-order chi connectivity index (χ0) is 21.0.